The number of carbonyl (C=O) groups is 1. The molecule has 136 valence electrons. The van der Waals surface area contributed by atoms with Crippen molar-refractivity contribution >= 4 is 11.8 Å². The van der Waals surface area contributed by atoms with Gasteiger partial charge in [-0.3, -0.25) is 0 Å². The Bertz CT molecular complexity index is 484. The maximum Gasteiger partial charge on any atom is 0.410 e. The molecule has 0 saturated heterocycles. The van der Waals surface area contributed by atoms with Crippen LogP contribution in [0.1, 0.15) is 33.3 Å². The van der Waals surface area contributed by atoms with Gasteiger partial charge in [-0.15, -0.1) is 0 Å². The number of nitrogens with one attached hydrogen (secondary N) is 1. The van der Waals surface area contributed by atoms with E-state index in [0.29, 0.717) is 31.7 Å². The molecule has 5 heteroatoms. The summed E-state index contributed by atoms with van der Waals surface area (Å²) in [5.41, 5.74) is 2.07. The predicted molar refractivity (Wildman–Crippen MR) is 100 cm³/mol. The van der Waals surface area contributed by atoms with Crippen LogP contribution >= 0.6 is 0 Å². The van der Waals surface area contributed by atoms with Gasteiger partial charge >= 0.3 is 6.09 Å². The maximum absolute atomic E-state index is 12.3. The Kier molecular flexibility index (Phi) is 8.61. The lowest BCUT2D eigenvalue weighted by Crippen LogP contribution is -2.39. The predicted octanol–water partition coefficient (Wildman–Crippen LogP) is 3.66. The normalized spacial score (nSPS) is 11.2. The summed E-state index contributed by atoms with van der Waals surface area (Å²) in [6.45, 7) is 11.0. The van der Waals surface area contributed by atoms with Crippen LogP contribution in [0.5, 0.6) is 0 Å². The molecule has 0 aliphatic rings. The Morgan fingerprint density at radius 2 is 1.71 bits per heavy atom. The molecule has 1 amide bonds. The lowest BCUT2D eigenvalue weighted by atomic mass is 10.2. The van der Waals surface area contributed by atoms with E-state index in [9.17, 15) is 4.79 Å². The van der Waals surface area contributed by atoms with Gasteiger partial charge in [-0.25, -0.2) is 4.79 Å². The molecule has 0 bridgehead atoms. The highest BCUT2D eigenvalue weighted by molar-refractivity contribution is 5.67. The maximum atomic E-state index is 12.3. The fourth-order valence-electron chi connectivity index (χ4n) is 2.29. The Morgan fingerprint density at radius 1 is 1.08 bits per heavy atom. The number of anilines is 1. The molecule has 5 nitrogen and oxygen atoms in total. The molecule has 1 rings (SSSR count). The second kappa shape index (κ2) is 10.2. The monoisotopic (exact) mass is 335 g/mol. The van der Waals surface area contributed by atoms with Crippen LogP contribution in [0.25, 0.3) is 0 Å². The first-order valence-electron chi connectivity index (χ1n) is 8.69. The fraction of sp³-hybridized carbons (Fsp3) is 0.632. The minimum absolute atomic E-state index is 0.241. The highest BCUT2D eigenvalue weighted by atomic mass is 16.6. The minimum atomic E-state index is -0.241. The standard InChI is InChI=1S/C19H33N3O2/c1-15(2)13-22(12-11-21(5)6)19(23)24-14-17-7-9-18(10-8-17)20-16(3)4/h7-10,15-16,20H,11-14H2,1-6H3. The van der Waals surface area contributed by atoms with Crippen LogP contribution < -0.4 is 5.32 Å². The first-order chi connectivity index (χ1) is 11.3. The summed E-state index contributed by atoms with van der Waals surface area (Å²) in [6, 6.07) is 8.41. The third-order valence-electron chi connectivity index (χ3n) is 3.43. The molecular formula is C19H33N3O2. The molecule has 1 aromatic carbocycles. The topological polar surface area (TPSA) is 44.8 Å². The summed E-state index contributed by atoms with van der Waals surface area (Å²) in [5, 5.41) is 3.34. The first kappa shape index (κ1) is 20.3. The van der Waals surface area contributed by atoms with Crippen LogP contribution in [-0.4, -0.2) is 55.7 Å². The van der Waals surface area contributed by atoms with Gasteiger partial charge in [0.05, 0.1) is 0 Å². The van der Waals surface area contributed by atoms with Crippen molar-refractivity contribution in [1.29, 1.82) is 0 Å². The van der Waals surface area contributed by atoms with Crippen molar-refractivity contribution in [2.75, 3.05) is 39.0 Å². The molecule has 0 fully saturated rings. The molecule has 24 heavy (non-hydrogen) atoms. The van der Waals surface area contributed by atoms with E-state index in [0.717, 1.165) is 17.8 Å². The molecular weight excluding hydrogens is 302 g/mol. The number of nitrogens with zero attached hydrogens (tertiary/aromatic N) is 2. The van der Waals surface area contributed by atoms with Crippen molar-refractivity contribution in [1.82, 2.24) is 9.80 Å². The average Bonchev–Trinajstić information content (AvgIpc) is 2.49. The lowest BCUT2D eigenvalue weighted by molar-refractivity contribution is 0.0894. The van der Waals surface area contributed by atoms with Gasteiger partial charge in [0.2, 0.25) is 0 Å². The van der Waals surface area contributed by atoms with Gasteiger partial charge in [0.1, 0.15) is 6.61 Å². The molecule has 0 aliphatic carbocycles. The molecule has 0 radical (unpaired) electrons. The van der Waals surface area contributed by atoms with E-state index in [1.807, 2.05) is 38.4 Å². The van der Waals surface area contributed by atoms with E-state index < -0.39 is 0 Å². The molecule has 0 aliphatic heterocycles. The molecule has 0 unspecified atom stereocenters. The van der Waals surface area contributed by atoms with Gasteiger partial charge in [-0.05, 0) is 51.6 Å². The van der Waals surface area contributed by atoms with Crippen molar-refractivity contribution in [2.45, 2.75) is 40.3 Å². The lowest BCUT2D eigenvalue weighted by Gasteiger charge is -2.25. The largest absolute Gasteiger partial charge is 0.445 e. The van der Waals surface area contributed by atoms with Gasteiger partial charge in [0.25, 0.3) is 0 Å². The van der Waals surface area contributed by atoms with Crippen molar-refractivity contribution in [3.05, 3.63) is 29.8 Å². The van der Waals surface area contributed by atoms with Gasteiger partial charge in [0, 0.05) is 31.4 Å². The van der Waals surface area contributed by atoms with Gasteiger partial charge in [0.15, 0.2) is 0 Å². The molecule has 1 aromatic rings. The smallest absolute Gasteiger partial charge is 0.410 e. The van der Waals surface area contributed by atoms with Gasteiger partial charge in [-0.1, -0.05) is 26.0 Å². The zero-order valence-corrected chi connectivity index (χ0v) is 16.0. The summed E-state index contributed by atoms with van der Waals surface area (Å²) in [7, 11) is 4.01. The number of hydrogen-bond acceptors (Lipinski definition) is 4. The van der Waals surface area contributed by atoms with Gasteiger partial charge in [-0.2, -0.15) is 0 Å². The highest BCUT2D eigenvalue weighted by Crippen LogP contribution is 2.12. The van der Waals surface area contributed by atoms with Crippen molar-refractivity contribution in [2.24, 2.45) is 5.92 Å². The number of likely N-dealkylation sites (N-methyl/N-ethyl adjacent to an activating group) is 1. The summed E-state index contributed by atoms with van der Waals surface area (Å²) in [4.78, 5) is 16.2. The van der Waals surface area contributed by atoms with Crippen molar-refractivity contribution in [3.63, 3.8) is 0 Å². The van der Waals surface area contributed by atoms with E-state index in [4.69, 9.17) is 4.74 Å². The molecule has 0 spiro atoms. The molecule has 1 N–H and O–H groups in total. The first-order valence-corrected chi connectivity index (χ1v) is 8.69. The summed E-state index contributed by atoms with van der Waals surface area (Å²) < 4.78 is 5.49. The Hall–Kier alpha value is -1.75. The van der Waals surface area contributed by atoms with Crippen molar-refractivity contribution in [3.8, 4) is 0 Å². The second-order valence-electron chi connectivity index (χ2n) is 7.19. The van der Waals surface area contributed by atoms with E-state index in [1.165, 1.54) is 0 Å². The molecule has 0 heterocycles. The van der Waals surface area contributed by atoms with Crippen LogP contribution in [0.4, 0.5) is 10.5 Å². The number of carbonyl (C=O) groups excluding carboxylic acids is 1. The number of ether oxygens (including phenoxy) is 1. The number of amides is 1. The molecule has 0 atom stereocenters. The van der Waals surface area contributed by atoms with Gasteiger partial charge < -0.3 is 19.9 Å². The zero-order chi connectivity index (χ0) is 18.1. The third kappa shape index (κ3) is 8.20. The molecule has 0 saturated carbocycles. The van der Waals surface area contributed by atoms with Crippen LogP contribution in [0.15, 0.2) is 24.3 Å². The second-order valence-corrected chi connectivity index (χ2v) is 7.19. The molecule has 0 aromatic heterocycles. The summed E-state index contributed by atoms with van der Waals surface area (Å²) in [6.07, 6.45) is -0.241. The Labute approximate surface area is 147 Å². The van der Waals surface area contributed by atoms with Crippen LogP contribution in [0, 0.1) is 5.92 Å². The quantitative estimate of drug-likeness (QED) is 0.748. The minimum Gasteiger partial charge on any atom is -0.445 e. The summed E-state index contributed by atoms with van der Waals surface area (Å²) in [5.74, 6) is 0.418. The highest BCUT2D eigenvalue weighted by Gasteiger charge is 2.16. The van der Waals surface area contributed by atoms with E-state index in [-0.39, 0.29) is 6.09 Å². The Morgan fingerprint density at radius 3 is 2.21 bits per heavy atom. The van der Waals surface area contributed by atoms with Crippen LogP contribution in [0.2, 0.25) is 0 Å². The van der Waals surface area contributed by atoms with Crippen molar-refractivity contribution < 1.29 is 9.53 Å². The van der Waals surface area contributed by atoms with Crippen LogP contribution in [-0.2, 0) is 11.3 Å². The van der Waals surface area contributed by atoms with E-state index in [1.54, 1.807) is 4.90 Å². The van der Waals surface area contributed by atoms with E-state index >= 15 is 0 Å². The SMILES string of the molecule is CC(C)CN(CCN(C)C)C(=O)OCc1ccc(NC(C)C)cc1. The summed E-state index contributed by atoms with van der Waals surface area (Å²) >= 11 is 0. The van der Waals surface area contributed by atoms with E-state index in [2.05, 4.69) is 37.9 Å². The number of benzene rings is 1. The zero-order valence-electron chi connectivity index (χ0n) is 16.0. The average molecular weight is 335 g/mol. The van der Waals surface area contributed by atoms with Crippen LogP contribution in [0.3, 0.4) is 0 Å². The third-order valence-corrected chi connectivity index (χ3v) is 3.43. The number of hydrogen-bond donors (Lipinski definition) is 1. The Balaban J connectivity index is 2.54. The fourth-order valence-corrected chi connectivity index (χ4v) is 2.29. The number of rotatable bonds is 9.